The van der Waals surface area contributed by atoms with Crippen LogP contribution in [0.5, 0.6) is 0 Å². The molecule has 1 aliphatic rings. The Hall–Kier alpha value is -3.00. The molecule has 0 unspecified atom stereocenters. The smallest absolute Gasteiger partial charge is 0.266 e. The lowest BCUT2D eigenvalue weighted by Crippen LogP contribution is -2.12. The standard InChI is InChI=1S/C21H20F3N5/c1-11(15-4-3-5-16(18(15)22)19(23)24)27-21-17-8-14(13-6-7-25-9-13)10-26-20(17)28-12(2)29-21/h3-6,8,10-11,19,25H,7,9H2,1-2H3,(H,26,27,28,29)/t11-/m1/s1. The Morgan fingerprint density at radius 3 is 2.69 bits per heavy atom. The molecule has 0 aliphatic carbocycles. The van der Waals surface area contributed by atoms with Crippen molar-refractivity contribution in [2.24, 2.45) is 0 Å². The minimum atomic E-state index is -2.87. The molecule has 5 nitrogen and oxygen atoms in total. The largest absolute Gasteiger partial charge is 0.363 e. The van der Waals surface area contributed by atoms with Gasteiger partial charge in [-0.05, 0) is 31.1 Å². The Bertz CT molecular complexity index is 1100. The number of fused-ring (bicyclic) bond motifs is 1. The van der Waals surface area contributed by atoms with E-state index >= 15 is 0 Å². The summed E-state index contributed by atoms with van der Waals surface area (Å²) in [5.41, 5.74) is 2.15. The number of alkyl halides is 2. The summed E-state index contributed by atoms with van der Waals surface area (Å²) in [6.45, 7) is 5.01. The highest BCUT2D eigenvalue weighted by Crippen LogP contribution is 2.31. The van der Waals surface area contributed by atoms with E-state index in [0.29, 0.717) is 22.7 Å². The molecule has 1 atom stereocenters. The molecule has 0 fully saturated rings. The lowest BCUT2D eigenvalue weighted by molar-refractivity contribution is 0.146. The lowest BCUT2D eigenvalue weighted by atomic mass is 10.0. The summed E-state index contributed by atoms with van der Waals surface area (Å²) < 4.78 is 40.7. The summed E-state index contributed by atoms with van der Waals surface area (Å²) in [7, 11) is 0. The van der Waals surface area contributed by atoms with Crippen LogP contribution in [0.15, 0.2) is 36.5 Å². The molecule has 0 amide bonds. The van der Waals surface area contributed by atoms with Gasteiger partial charge < -0.3 is 10.6 Å². The second-order valence-corrected chi connectivity index (χ2v) is 6.99. The summed E-state index contributed by atoms with van der Waals surface area (Å²) in [6, 6.07) is 5.39. The summed E-state index contributed by atoms with van der Waals surface area (Å²) in [5, 5.41) is 7.10. The SMILES string of the molecule is Cc1nc(N[C@H](C)c2cccc(C(F)F)c2F)c2cc(C3=CCNC3)cnc2n1. The Morgan fingerprint density at radius 1 is 1.17 bits per heavy atom. The highest BCUT2D eigenvalue weighted by atomic mass is 19.3. The molecule has 0 saturated heterocycles. The molecule has 0 spiro atoms. The second kappa shape index (κ2) is 7.79. The van der Waals surface area contributed by atoms with Crippen LogP contribution in [0.1, 0.15) is 41.9 Å². The Balaban J connectivity index is 1.73. The number of halogens is 3. The van der Waals surface area contributed by atoms with Crippen LogP contribution >= 0.6 is 0 Å². The van der Waals surface area contributed by atoms with Gasteiger partial charge in [0.05, 0.1) is 17.0 Å². The average Bonchev–Trinajstić information content (AvgIpc) is 3.22. The number of nitrogens with zero attached hydrogens (tertiary/aromatic N) is 3. The molecule has 1 aromatic carbocycles. The Labute approximate surface area is 166 Å². The van der Waals surface area contributed by atoms with Crippen molar-refractivity contribution < 1.29 is 13.2 Å². The van der Waals surface area contributed by atoms with Gasteiger partial charge in [0.25, 0.3) is 6.43 Å². The number of hydrogen-bond donors (Lipinski definition) is 2. The second-order valence-electron chi connectivity index (χ2n) is 6.99. The molecular weight excluding hydrogens is 379 g/mol. The van der Waals surface area contributed by atoms with E-state index in [1.165, 1.54) is 12.1 Å². The van der Waals surface area contributed by atoms with Crippen molar-refractivity contribution in [1.29, 1.82) is 0 Å². The van der Waals surface area contributed by atoms with Gasteiger partial charge in [-0.3, -0.25) is 0 Å². The number of rotatable bonds is 5. The normalized spacial score (nSPS) is 15.0. The van der Waals surface area contributed by atoms with Crippen LogP contribution in [-0.2, 0) is 0 Å². The van der Waals surface area contributed by atoms with E-state index in [2.05, 4.69) is 31.7 Å². The van der Waals surface area contributed by atoms with Crippen LogP contribution < -0.4 is 10.6 Å². The monoisotopic (exact) mass is 399 g/mol. The fourth-order valence-electron chi connectivity index (χ4n) is 3.46. The molecule has 1 aliphatic heterocycles. The Kier molecular flexibility index (Phi) is 5.19. The van der Waals surface area contributed by atoms with Gasteiger partial charge in [0.1, 0.15) is 17.5 Å². The van der Waals surface area contributed by atoms with Crippen molar-refractivity contribution >= 4 is 22.4 Å². The predicted octanol–water partition coefficient (Wildman–Crippen LogP) is 4.57. The van der Waals surface area contributed by atoms with Gasteiger partial charge in [-0.2, -0.15) is 0 Å². The van der Waals surface area contributed by atoms with E-state index in [1.54, 1.807) is 20.0 Å². The predicted molar refractivity (Wildman–Crippen MR) is 106 cm³/mol. The van der Waals surface area contributed by atoms with Crippen molar-refractivity contribution in [2.45, 2.75) is 26.3 Å². The van der Waals surface area contributed by atoms with Crippen molar-refractivity contribution in [3.8, 4) is 0 Å². The average molecular weight is 399 g/mol. The lowest BCUT2D eigenvalue weighted by Gasteiger charge is -2.18. The fourth-order valence-corrected chi connectivity index (χ4v) is 3.46. The molecule has 4 rings (SSSR count). The molecule has 0 radical (unpaired) electrons. The minimum absolute atomic E-state index is 0.152. The molecular formula is C21H20F3N5. The molecule has 2 N–H and O–H groups in total. The maximum Gasteiger partial charge on any atom is 0.266 e. The van der Waals surface area contributed by atoms with Gasteiger partial charge in [-0.15, -0.1) is 0 Å². The number of nitrogens with one attached hydrogen (secondary N) is 2. The number of benzene rings is 1. The summed E-state index contributed by atoms with van der Waals surface area (Å²) in [4.78, 5) is 13.3. The van der Waals surface area contributed by atoms with Crippen LogP contribution in [0, 0.1) is 12.7 Å². The van der Waals surface area contributed by atoms with Crippen molar-refractivity contribution in [1.82, 2.24) is 20.3 Å². The van der Waals surface area contributed by atoms with E-state index < -0.39 is 23.8 Å². The van der Waals surface area contributed by atoms with E-state index in [0.717, 1.165) is 30.3 Å². The van der Waals surface area contributed by atoms with Crippen LogP contribution in [0.3, 0.4) is 0 Å². The third-order valence-corrected chi connectivity index (χ3v) is 4.96. The van der Waals surface area contributed by atoms with E-state index in [1.807, 2.05) is 6.07 Å². The van der Waals surface area contributed by atoms with Gasteiger partial charge >= 0.3 is 0 Å². The topological polar surface area (TPSA) is 62.7 Å². The van der Waals surface area contributed by atoms with Gasteiger partial charge in [0.15, 0.2) is 5.65 Å². The fraction of sp³-hybridized carbons (Fsp3) is 0.286. The number of anilines is 1. The number of aryl methyl sites for hydroxylation is 1. The highest BCUT2D eigenvalue weighted by molar-refractivity contribution is 5.89. The first-order valence-corrected chi connectivity index (χ1v) is 9.31. The van der Waals surface area contributed by atoms with Crippen LogP contribution in [-0.4, -0.2) is 28.0 Å². The molecule has 150 valence electrons. The number of hydrogen-bond acceptors (Lipinski definition) is 5. The first kappa shape index (κ1) is 19.3. The quantitative estimate of drug-likeness (QED) is 0.658. The van der Waals surface area contributed by atoms with Crippen LogP contribution in [0.4, 0.5) is 19.0 Å². The molecule has 8 heteroatoms. The zero-order chi connectivity index (χ0) is 20.5. The Morgan fingerprint density at radius 2 is 1.97 bits per heavy atom. The summed E-state index contributed by atoms with van der Waals surface area (Å²) in [5.74, 6) is 0.0948. The van der Waals surface area contributed by atoms with Crippen molar-refractivity contribution in [3.05, 3.63) is 64.9 Å². The minimum Gasteiger partial charge on any atom is -0.363 e. The van der Waals surface area contributed by atoms with Crippen molar-refractivity contribution in [2.75, 3.05) is 18.4 Å². The molecule has 3 heterocycles. The van der Waals surface area contributed by atoms with Crippen molar-refractivity contribution in [3.63, 3.8) is 0 Å². The van der Waals surface area contributed by atoms with Crippen LogP contribution in [0.2, 0.25) is 0 Å². The zero-order valence-electron chi connectivity index (χ0n) is 16.0. The van der Waals surface area contributed by atoms with Gasteiger partial charge in [-0.25, -0.2) is 28.1 Å². The molecule has 29 heavy (non-hydrogen) atoms. The number of aromatic nitrogens is 3. The highest BCUT2D eigenvalue weighted by Gasteiger charge is 2.20. The molecule has 0 saturated carbocycles. The summed E-state index contributed by atoms with van der Waals surface area (Å²) >= 11 is 0. The maximum atomic E-state index is 14.6. The number of pyridine rings is 1. The molecule has 0 bridgehead atoms. The summed E-state index contributed by atoms with van der Waals surface area (Å²) in [6.07, 6.45) is 0.996. The third-order valence-electron chi connectivity index (χ3n) is 4.96. The van der Waals surface area contributed by atoms with E-state index in [4.69, 9.17) is 0 Å². The van der Waals surface area contributed by atoms with E-state index in [9.17, 15) is 13.2 Å². The third kappa shape index (κ3) is 3.80. The zero-order valence-corrected chi connectivity index (χ0v) is 16.0. The van der Waals surface area contributed by atoms with Crippen LogP contribution in [0.25, 0.3) is 16.6 Å². The molecule has 2 aromatic heterocycles. The maximum absolute atomic E-state index is 14.6. The first-order valence-electron chi connectivity index (χ1n) is 9.31. The van der Waals surface area contributed by atoms with Gasteiger partial charge in [-0.1, -0.05) is 24.3 Å². The van der Waals surface area contributed by atoms with Gasteiger partial charge in [0, 0.05) is 24.8 Å². The first-order chi connectivity index (χ1) is 13.9. The molecule has 3 aromatic rings. The van der Waals surface area contributed by atoms with E-state index in [-0.39, 0.29) is 5.56 Å². The van der Waals surface area contributed by atoms with Gasteiger partial charge in [0.2, 0.25) is 0 Å².